The van der Waals surface area contributed by atoms with E-state index >= 15 is 0 Å². The number of rotatable bonds is 6. The number of nitrogens with zero attached hydrogens (tertiary/aromatic N) is 1. The summed E-state index contributed by atoms with van der Waals surface area (Å²) in [6.07, 6.45) is 1.49. The van der Waals surface area contributed by atoms with Crippen LogP contribution in [0.5, 0.6) is 0 Å². The molecule has 0 aromatic rings. The van der Waals surface area contributed by atoms with Crippen molar-refractivity contribution < 1.29 is 4.79 Å². The topological polar surface area (TPSA) is 46.3 Å². The minimum Gasteiger partial charge on any atom is -0.343 e. The van der Waals surface area contributed by atoms with Crippen LogP contribution < -0.4 is 5.73 Å². The van der Waals surface area contributed by atoms with E-state index in [1.54, 1.807) is 0 Å². The molecule has 1 unspecified atom stereocenters. The largest absolute Gasteiger partial charge is 0.343 e. The van der Waals surface area contributed by atoms with Crippen molar-refractivity contribution in [3.8, 4) is 0 Å². The molecule has 3 heteroatoms. The first-order chi connectivity index (χ1) is 6.52. The van der Waals surface area contributed by atoms with Gasteiger partial charge in [-0.25, -0.2) is 0 Å². The summed E-state index contributed by atoms with van der Waals surface area (Å²) in [5.41, 5.74) is 5.86. The molecule has 0 radical (unpaired) electrons. The van der Waals surface area contributed by atoms with Gasteiger partial charge < -0.3 is 10.6 Å². The molecule has 1 atom stereocenters. The third-order valence-corrected chi connectivity index (χ3v) is 2.49. The Morgan fingerprint density at radius 2 is 1.93 bits per heavy atom. The lowest BCUT2D eigenvalue weighted by atomic mass is 10.0. The van der Waals surface area contributed by atoms with Crippen molar-refractivity contribution in [3.63, 3.8) is 0 Å². The van der Waals surface area contributed by atoms with Crippen molar-refractivity contribution in [1.82, 2.24) is 4.90 Å². The standard InChI is InChI=1S/C11H24N2O/c1-5-7-13(6-2)11(14)8-10(12)9(3)4/h9-10H,5-8,12H2,1-4H3. The summed E-state index contributed by atoms with van der Waals surface area (Å²) in [6.45, 7) is 9.83. The number of carbonyl (C=O) groups excluding carboxylic acids is 1. The Morgan fingerprint density at radius 3 is 2.29 bits per heavy atom. The molecule has 3 nitrogen and oxygen atoms in total. The summed E-state index contributed by atoms with van der Waals surface area (Å²) >= 11 is 0. The Bertz CT molecular complexity index is 169. The van der Waals surface area contributed by atoms with Gasteiger partial charge in [-0.05, 0) is 19.3 Å². The van der Waals surface area contributed by atoms with E-state index in [1.165, 1.54) is 0 Å². The maximum absolute atomic E-state index is 11.7. The molecule has 0 aliphatic heterocycles. The smallest absolute Gasteiger partial charge is 0.224 e. The lowest BCUT2D eigenvalue weighted by Crippen LogP contribution is -2.38. The van der Waals surface area contributed by atoms with Crippen molar-refractivity contribution in [2.75, 3.05) is 13.1 Å². The summed E-state index contributed by atoms with van der Waals surface area (Å²) in [5, 5.41) is 0. The summed E-state index contributed by atoms with van der Waals surface area (Å²) < 4.78 is 0. The SMILES string of the molecule is CCCN(CC)C(=O)CC(N)C(C)C. The zero-order valence-electron chi connectivity index (χ0n) is 9.92. The van der Waals surface area contributed by atoms with Crippen LogP contribution in [0.15, 0.2) is 0 Å². The van der Waals surface area contributed by atoms with Crippen molar-refractivity contribution in [1.29, 1.82) is 0 Å². The highest BCUT2D eigenvalue weighted by Crippen LogP contribution is 2.06. The second kappa shape index (κ2) is 6.82. The molecule has 1 amide bonds. The molecule has 0 aromatic carbocycles. The number of hydrogen-bond acceptors (Lipinski definition) is 2. The molecular formula is C11H24N2O. The first-order valence-corrected chi connectivity index (χ1v) is 5.56. The van der Waals surface area contributed by atoms with E-state index in [0.29, 0.717) is 12.3 Å². The quantitative estimate of drug-likeness (QED) is 0.708. The third-order valence-electron chi connectivity index (χ3n) is 2.49. The van der Waals surface area contributed by atoms with Crippen LogP contribution in [0.3, 0.4) is 0 Å². The number of carbonyl (C=O) groups is 1. The van der Waals surface area contributed by atoms with Gasteiger partial charge in [0.05, 0.1) is 0 Å². The van der Waals surface area contributed by atoms with Gasteiger partial charge in [0.15, 0.2) is 0 Å². The van der Waals surface area contributed by atoms with Gasteiger partial charge in [-0.3, -0.25) is 4.79 Å². The van der Waals surface area contributed by atoms with Crippen LogP contribution in [0.1, 0.15) is 40.5 Å². The van der Waals surface area contributed by atoms with E-state index in [2.05, 4.69) is 6.92 Å². The summed E-state index contributed by atoms with van der Waals surface area (Å²) in [6, 6.07) is -0.00611. The van der Waals surface area contributed by atoms with Gasteiger partial charge in [0, 0.05) is 25.6 Å². The van der Waals surface area contributed by atoms with Crippen LogP contribution in [-0.2, 0) is 4.79 Å². The minimum atomic E-state index is -0.00611. The zero-order valence-corrected chi connectivity index (χ0v) is 9.92. The lowest BCUT2D eigenvalue weighted by Gasteiger charge is -2.23. The van der Waals surface area contributed by atoms with Gasteiger partial charge >= 0.3 is 0 Å². The van der Waals surface area contributed by atoms with Crippen molar-refractivity contribution >= 4 is 5.91 Å². The Kier molecular flexibility index (Phi) is 6.54. The van der Waals surface area contributed by atoms with Crippen LogP contribution in [0.25, 0.3) is 0 Å². The monoisotopic (exact) mass is 200 g/mol. The van der Waals surface area contributed by atoms with Gasteiger partial charge in [0.25, 0.3) is 0 Å². The number of amides is 1. The van der Waals surface area contributed by atoms with Gasteiger partial charge in [0.2, 0.25) is 5.91 Å². The van der Waals surface area contributed by atoms with Crippen molar-refractivity contribution in [2.24, 2.45) is 11.7 Å². The lowest BCUT2D eigenvalue weighted by molar-refractivity contribution is -0.131. The normalized spacial score (nSPS) is 13.0. The maximum atomic E-state index is 11.7. The summed E-state index contributed by atoms with van der Waals surface area (Å²) in [4.78, 5) is 13.6. The van der Waals surface area contributed by atoms with Crippen LogP contribution >= 0.6 is 0 Å². The molecule has 0 aromatic heterocycles. The molecule has 0 spiro atoms. The Hall–Kier alpha value is -0.570. The predicted molar refractivity (Wildman–Crippen MR) is 60.0 cm³/mol. The van der Waals surface area contributed by atoms with Crippen molar-refractivity contribution in [2.45, 2.75) is 46.6 Å². The maximum Gasteiger partial charge on any atom is 0.224 e. The van der Waals surface area contributed by atoms with Crippen molar-refractivity contribution in [3.05, 3.63) is 0 Å². The highest BCUT2D eigenvalue weighted by Gasteiger charge is 2.16. The fourth-order valence-corrected chi connectivity index (χ4v) is 1.30. The van der Waals surface area contributed by atoms with E-state index in [4.69, 9.17) is 5.73 Å². The molecule has 0 bridgehead atoms. The third kappa shape index (κ3) is 4.61. The van der Waals surface area contributed by atoms with Gasteiger partial charge in [0.1, 0.15) is 0 Å². The predicted octanol–water partition coefficient (Wildman–Crippen LogP) is 1.62. The molecule has 0 heterocycles. The molecular weight excluding hydrogens is 176 g/mol. The molecule has 0 rings (SSSR count). The molecule has 0 aliphatic carbocycles. The molecule has 0 saturated heterocycles. The molecule has 0 aliphatic rings. The zero-order chi connectivity index (χ0) is 11.1. The van der Waals surface area contributed by atoms with Crippen LogP contribution in [-0.4, -0.2) is 29.9 Å². The average Bonchev–Trinajstić information content (AvgIpc) is 2.13. The Labute approximate surface area is 87.6 Å². The fraction of sp³-hybridized carbons (Fsp3) is 0.909. The number of nitrogens with two attached hydrogens (primary N) is 1. The second-order valence-electron chi connectivity index (χ2n) is 4.09. The van der Waals surface area contributed by atoms with Crippen LogP contribution in [0, 0.1) is 5.92 Å². The van der Waals surface area contributed by atoms with E-state index in [-0.39, 0.29) is 11.9 Å². The molecule has 84 valence electrons. The van der Waals surface area contributed by atoms with E-state index in [0.717, 1.165) is 19.5 Å². The van der Waals surface area contributed by atoms with E-state index < -0.39 is 0 Å². The second-order valence-corrected chi connectivity index (χ2v) is 4.09. The molecule has 0 fully saturated rings. The average molecular weight is 200 g/mol. The Morgan fingerprint density at radius 1 is 1.36 bits per heavy atom. The van der Waals surface area contributed by atoms with Gasteiger partial charge in [-0.2, -0.15) is 0 Å². The van der Waals surface area contributed by atoms with Gasteiger partial charge in [-0.1, -0.05) is 20.8 Å². The number of hydrogen-bond donors (Lipinski definition) is 1. The van der Waals surface area contributed by atoms with Crippen LogP contribution in [0.2, 0.25) is 0 Å². The van der Waals surface area contributed by atoms with Crippen LogP contribution in [0.4, 0.5) is 0 Å². The van der Waals surface area contributed by atoms with E-state index in [1.807, 2.05) is 25.7 Å². The molecule has 2 N–H and O–H groups in total. The molecule has 0 saturated carbocycles. The first-order valence-electron chi connectivity index (χ1n) is 5.56. The van der Waals surface area contributed by atoms with E-state index in [9.17, 15) is 4.79 Å². The first kappa shape index (κ1) is 13.4. The molecule has 14 heavy (non-hydrogen) atoms. The highest BCUT2D eigenvalue weighted by molar-refractivity contribution is 5.76. The fourth-order valence-electron chi connectivity index (χ4n) is 1.30. The summed E-state index contributed by atoms with van der Waals surface area (Å²) in [5.74, 6) is 0.565. The highest BCUT2D eigenvalue weighted by atomic mass is 16.2. The van der Waals surface area contributed by atoms with Gasteiger partial charge in [-0.15, -0.1) is 0 Å². The Balaban J connectivity index is 4.03. The minimum absolute atomic E-state index is 0.00611. The summed E-state index contributed by atoms with van der Waals surface area (Å²) in [7, 11) is 0.